The van der Waals surface area contributed by atoms with Gasteiger partial charge in [-0.25, -0.2) is 9.98 Å². The summed E-state index contributed by atoms with van der Waals surface area (Å²) >= 11 is 0. The zero-order valence-electron chi connectivity index (χ0n) is 25.0. The van der Waals surface area contributed by atoms with Crippen LogP contribution in [0.15, 0.2) is 80.7 Å². The number of aromatic nitrogens is 3. The van der Waals surface area contributed by atoms with Crippen molar-refractivity contribution in [2.24, 2.45) is 26.4 Å². The van der Waals surface area contributed by atoms with Crippen molar-refractivity contribution in [1.29, 1.82) is 0 Å². The van der Waals surface area contributed by atoms with Crippen molar-refractivity contribution < 1.29 is 4.79 Å². The lowest BCUT2D eigenvalue weighted by atomic mass is 10.1. The van der Waals surface area contributed by atoms with Crippen LogP contribution >= 0.6 is 0 Å². The maximum absolute atomic E-state index is 13.2. The average molecular weight is 608 g/mol. The molecule has 0 aliphatic carbocycles. The molecule has 6 N–H and O–H groups in total. The Balaban J connectivity index is 1.08. The summed E-state index contributed by atoms with van der Waals surface area (Å²) in [6, 6.07) is 15.3. The van der Waals surface area contributed by atoms with Crippen molar-refractivity contribution in [1.82, 2.24) is 29.5 Å². The summed E-state index contributed by atoms with van der Waals surface area (Å²) in [6.45, 7) is 5.53. The summed E-state index contributed by atoms with van der Waals surface area (Å²) in [4.78, 5) is 50.5. The molecule has 1 fully saturated rings. The number of aliphatic imine (C=N–C) groups is 3. The molecule has 0 spiro atoms. The fraction of sp³-hybridized carbons (Fsp3) is 0.312. The second-order valence-corrected chi connectivity index (χ2v) is 11.0. The number of nitrogens with zero attached hydrogens (tertiary/aromatic N) is 7. The van der Waals surface area contributed by atoms with E-state index >= 15 is 0 Å². The van der Waals surface area contributed by atoms with Crippen LogP contribution in [0.25, 0.3) is 28.2 Å². The first kappa shape index (κ1) is 29.8. The predicted molar refractivity (Wildman–Crippen MR) is 177 cm³/mol. The van der Waals surface area contributed by atoms with E-state index in [0.29, 0.717) is 61.9 Å². The summed E-state index contributed by atoms with van der Waals surface area (Å²) in [7, 11) is 0. The molecule has 0 bridgehead atoms. The number of aromatic amines is 1. The number of nitrogens with two attached hydrogens (primary N) is 2. The van der Waals surface area contributed by atoms with E-state index in [2.05, 4.69) is 35.2 Å². The van der Waals surface area contributed by atoms with E-state index in [4.69, 9.17) is 11.5 Å². The Labute approximate surface area is 260 Å². The van der Waals surface area contributed by atoms with Gasteiger partial charge in [-0.05, 0) is 36.2 Å². The van der Waals surface area contributed by atoms with Crippen LogP contribution in [-0.4, -0.2) is 94.0 Å². The molecule has 4 heterocycles. The maximum atomic E-state index is 13.2. The molecule has 45 heavy (non-hydrogen) atoms. The highest BCUT2D eigenvalue weighted by Crippen LogP contribution is 2.22. The van der Waals surface area contributed by atoms with Crippen LogP contribution in [0.1, 0.15) is 28.8 Å². The number of guanidine groups is 2. The van der Waals surface area contributed by atoms with Crippen LogP contribution < -0.4 is 22.3 Å². The van der Waals surface area contributed by atoms with E-state index in [1.165, 1.54) is 0 Å². The molecular weight excluding hydrogens is 570 g/mol. The summed E-state index contributed by atoms with van der Waals surface area (Å²) in [6.07, 6.45) is 7.30. The average Bonchev–Trinajstić information content (AvgIpc) is 3.49. The Morgan fingerprint density at radius 2 is 1.73 bits per heavy atom. The number of rotatable bonds is 9. The first-order chi connectivity index (χ1) is 21.9. The minimum atomic E-state index is -0.214. The molecule has 2 aliphatic heterocycles. The first-order valence-corrected chi connectivity index (χ1v) is 15.1. The highest BCUT2D eigenvalue weighted by atomic mass is 16.2. The van der Waals surface area contributed by atoms with Gasteiger partial charge in [0.1, 0.15) is 0 Å². The van der Waals surface area contributed by atoms with E-state index in [1.807, 2.05) is 70.2 Å². The third-order valence-electron chi connectivity index (χ3n) is 7.87. The molecule has 6 rings (SSSR count). The van der Waals surface area contributed by atoms with Crippen molar-refractivity contribution in [3.63, 3.8) is 0 Å². The third kappa shape index (κ3) is 7.10. The Morgan fingerprint density at radius 1 is 0.978 bits per heavy atom. The van der Waals surface area contributed by atoms with Gasteiger partial charge in [0.2, 0.25) is 11.7 Å². The van der Waals surface area contributed by atoms with Crippen molar-refractivity contribution in [2.45, 2.75) is 19.4 Å². The van der Waals surface area contributed by atoms with Crippen molar-refractivity contribution in [3.05, 3.63) is 82.4 Å². The van der Waals surface area contributed by atoms with Crippen molar-refractivity contribution in [3.8, 4) is 22.4 Å². The molecular formula is C32H37N11O2. The highest BCUT2D eigenvalue weighted by molar-refractivity contribution is 5.95. The van der Waals surface area contributed by atoms with Gasteiger partial charge in [-0.15, -0.1) is 0 Å². The molecule has 1 amide bonds. The number of fused-ring (bicyclic) bond motifs is 1. The molecule has 13 heteroatoms. The molecule has 4 aromatic rings. The van der Waals surface area contributed by atoms with Crippen molar-refractivity contribution >= 4 is 29.8 Å². The van der Waals surface area contributed by atoms with Crippen LogP contribution in [0, 0.1) is 0 Å². The van der Waals surface area contributed by atoms with E-state index in [1.54, 1.807) is 6.20 Å². The van der Waals surface area contributed by atoms with Gasteiger partial charge in [0.25, 0.3) is 11.5 Å². The van der Waals surface area contributed by atoms with Crippen LogP contribution in [0.2, 0.25) is 0 Å². The smallest absolute Gasteiger partial charge is 0.260 e. The van der Waals surface area contributed by atoms with Gasteiger partial charge in [0, 0.05) is 82.0 Å². The monoisotopic (exact) mass is 607 g/mol. The van der Waals surface area contributed by atoms with E-state index in [0.717, 1.165) is 48.6 Å². The zero-order valence-corrected chi connectivity index (χ0v) is 25.0. The minimum Gasteiger partial charge on any atom is -0.370 e. The zero-order chi connectivity index (χ0) is 31.2. The fourth-order valence-corrected chi connectivity index (χ4v) is 5.41. The largest absolute Gasteiger partial charge is 0.370 e. The molecule has 2 aromatic heterocycles. The number of imidazole rings is 1. The van der Waals surface area contributed by atoms with Crippen LogP contribution in [0.5, 0.6) is 0 Å². The van der Waals surface area contributed by atoms with Gasteiger partial charge in [0.15, 0.2) is 5.96 Å². The van der Waals surface area contributed by atoms with E-state index < -0.39 is 0 Å². The number of piperazine rings is 1. The van der Waals surface area contributed by atoms with Gasteiger partial charge in [-0.1, -0.05) is 36.4 Å². The van der Waals surface area contributed by atoms with Gasteiger partial charge in [0.05, 0.1) is 11.3 Å². The van der Waals surface area contributed by atoms with Crippen LogP contribution in [-0.2, 0) is 6.54 Å². The summed E-state index contributed by atoms with van der Waals surface area (Å²) in [5, 5.41) is 3.37. The number of hydrogen-bond acceptors (Lipinski definition) is 8. The fourth-order valence-electron chi connectivity index (χ4n) is 5.41. The van der Waals surface area contributed by atoms with Crippen LogP contribution in [0.4, 0.5) is 0 Å². The number of carbonyl (C=O) groups is 1. The van der Waals surface area contributed by atoms with Gasteiger partial charge in [-0.2, -0.15) is 0 Å². The normalized spacial score (nSPS) is 14.9. The molecule has 232 valence electrons. The molecule has 13 nitrogen and oxygen atoms in total. The number of nitrogens with one attached hydrogen (secondary N) is 2. The number of H-pyrrole nitrogens is 1. The minimum absolute atomic E-state index is 0.00361. The Morgan fingerprint density at radius 3 is 2.44 bits per heavy atom. The highest BCUT2D eigenvalue weighted by Gasteiger charge is 2.24. The van der Waals surface area contributed by atoms with Gasteiger partial charge in [-0.3, -0.25) is 29.0 Å². The lowest BCUT2D eigenvalue weighted by Gasteiger charge is -2.35. The first-order valence-electron chi connectivity index (χ1n) is 15.1. The predicted octanol–water partition coefficient (Wildman–Crippen LogP) is 1.70. The number of amides is 1. The van der Waals surface area contributed by atoms with Gasteiger partial charge >= 0.3 is 0 Å². The third-order valence-corrected chi connectivity index (χ3v) is 7.87. The van der Waals surface area contributed by atoms with Gasteiger partial charge < -0.3 is 26.6 Å². The standard InChI is InChI=1S/C32H37N11O2/c33-30(34)36-12-1-11-35-19-22-3-5-23(6-4-22)26-20-43-21-27(39-32(43)40-28(26)44)24-7-9-25(10-8-24)29(45)41-15-17-42(18-16-41)31-37-13-2-14-38-31/h3-10,13,20-21,35H,1-2,11-12,14-19H2,(H4,33,34,36)(H,39,40,44). The number of benzene rings is 2. The summed E-state index contributed by atoms with van der Waals surface area (Å²) in [5.41, 5.74) is 15.1. The molecule has 1 saturated heterocycles. The summed E-state index contributed by atoms with van der Waals surface area (Å²) < 4.78 is 1.82. The van der Waals surface area contributed by atoms with E-state index in [9.17, 15) is 9.59 Å². The second kappa shape index (κ2) is 13.6. The Hall–Kier alpha value is -5.30. The number of carbonyl (C=O) groups excluding carboxylic acids is 1. The molecule has 0 atom stereocenters. The summed E-state index contributed by atoms with van der Waals surface area (Å²) in [5.74, 6) is 1.33. The quantitative estimate of drug-likeness (QED) is 0.127. The molecule has 2 aromatic carbocycles. The molecule has 2 aliphatic rings. The van der Waals surface area contributed by atoms with E-state index in [-0.39, 0.29) is 17.4 Å². The lowest BCUT2D eigenvalue weighted by Crippen LogP contribution is -2.50. The molecule has 0 saturated carbocycles. The number of hydrogen-bond donors (Lipinski definition) is 4. The Kier molecular flexibility index (Phi) is 8.96. The maximum Gasteiger partial charge on any atom is 0.260 e. The Bertz CT molecular complexity index is 1790. The second-order valence-electron chi connectivity index (χ2n) is 11.0. The topological polar surface area (TPSA) is 175 Å². The van der Waals surface area contributed by atoms with Crippen LogP contribution in [0.3, 0.4) is 0 Å². The SMILES string of the molecule is NC(N)=NCCCNCc1ccc(-c2cn3cc(-c4ccc(C(=O)N5CCN(C6=NCCC=N6)CC5)cc4)nc3[nH]c2=O)cc1. The molecule has 0 radical (unpaired) electrons. The van der Waals surface area contributed by atoms with Crippen molar-refractivity contribution in [2.75, 3.05) is 45.8 Å². The molecule has 0 unspecified atom stereocenters. The lowest BCUT2D eigenvalue weighted by molar-refractivity contribution is 0.0691.